The Labute approximate surface area is 100 Å². The predicted octanol–water partition coefficient (Wildman–Crippen LogP) is 1.86. The van der Waals surface area contributed by atoms with Gasteiger partial charge >= 0.3 is 0 Å². The number of carbonyl (C=O) groups excluding carboxylic acids is 1. The molecule has 0 saturated heterocycles. The zero-order valence-corrected chi connectivity index (χ0v) is 9.88. The zero-order valence-electron chi connectivity index (χ0n) is 9.88. The van der Waals surface area contributed by atoms with Crippen molar-refractivity contribution in [2.75, 3.05) is 5.73 Å². The molecule has 3 N–H and O–H groups in total. The van der Waals surface area contributed by atoms with Gasteiger partial charge in [0.1, 0.15) is 5.82 Å². The highest BCUT2D eigenvalue weighted by Crippen LogP contribution is 2.17. The van der Waals surface area contributed by atoms with E-state index in [0.29, 0.717) is 17.7 Å². The van der Waals surface area contributed by atoms with E-state index in [1.165, 1.54) is 12.1 Å². The maximum atomic E-state index is 13.7. The molecule has 0 radical (unpaired) electrons. The van der Waals surface area contributed by atoms with Crippen LogP contribution < -0.4 is 11.1 Å². The lowest BCUT2D eigenvalue weighted by Gasteiger charge is -2.12. The van der Waals surface area contributed by atoms with Gasteiger partial charge in [0.25, 0.3) is 5.91 Å². The molecule has 1 atom stereocenters. The Morgan fingerprint density at radius 3 is 2.88 bits per heavy atom. The van der Waals surface area contributed by atoms with Crippen LogP contribution in [-0.4, -0.2) is 11.9 Å². The fourth-order valence-corrected chi connectivity index (χ4v) is 1.49. The minimum Gasteiger partial charge on any atom is -0.399 e. The summed E-state index contributed by atoms with van der Waals surface area (Å²) in [7, 11) is 0. The maximum Gasteiger partial charge on any atom is 0.254 e. The molecule has 1 aromatic carbocycles. The molecule has 0 bridgehead atoms. The van der Waals surface area contributed by atoms with Crippen molar-refractivity contribution in [2.45, 2.75) is 26.3 Å². The highest BCUT2D eigenvalue weighted by Gasteiger charge is 2.16. The Morgan fingerprint density at radius 1 is 1.65 bits per heavy atom. The number of terminal acetylenes is 1. The van der Waals surface area contributed by atoms with Crippen LogP contribution in [0, 0.1) is 25.1 Å². The summed E-state index contributed by atoms with van der Waals surface area (Å²) in [4.78, 5) is 11.8. The lowest BCUT2D eigenvalue weighted by molar-refractivity contribution is 0.0936. The van der Waals surface area contributed by atoms with E-state index in [-0.39, 0.29) is 11.6 Å². The number of anilines is 1. The molecule has 1 amide bonds. The van der Waals surface area contributed by atoms with Gasteiger partial charge in [-0.3, -0.25) is 4.79 Å². The third-order valence-electron chi connectivity index (χ3n) is 2.32. The molecule has 3 nitrogen and oxygen atoms in total. The number of halogens is 1. The van der Waals surface area contributed by atoms with Crippen LogP contribution >= 0.6 is 0 Å². The van der Waals surface area contributed by atoms with Crippen LogP contribution in [0.4, 0.5) is 10.1 Å². The Hall–Kier alpha value is -2.02. The second kappa shape index (κ2) is 5.35. The third kappa shape index (κ3) is 3.22. The first-order valence-electron chi connectivity index (χ1n) is 5.25. The van der Waals surface area contributed by atoms with Crippen LogP contribution in [0.1, 0.15) is 29.3 Å². The number of nitrogen functional groups attached to an aromatic ring is 1. The first-order valence-corrected chi connectivity index (χ1v) is 5.25. The Balaban J connectivity index is 2.94. The van der Waals surface area contributed by atoms with Gasteiger partial charge in [-0.15, -0.1) is 12.3 Å². The van der Waals surface area contributed by atoms with Gasteiger partial charge in [0.05, 0.1) is 5.56 Å². The summed E-state index contributed by atoms with van der Waals surface area (Å²) in [6.45, 7) is 3.32. The molecule has 1 unspecified atom stereocenters. The Bertz CT molecular complexity index is 477. The Kier molecular flexibility index (Phi) is 4.11. The van der Waals surface area contributed by atoms with E-state index in [2.05, 4.69) is 11.2 Å². The third-order valence-corrected chi connectivity index (χ3v) is 2.32. The topological polar surface area (TPSA) is 55.1 Å². The molecule has 1 rings (SSSR count). The molecule has 0 aliphatic heterocycles. The van der Waals surface area contributed by atoms with Crippen molar-refractivity contribution < 1.29 is 9.18 Å². The van der Waals surface area contributed by atoms with E-state index in [1.807, 2.05) is 0 Å². The van der Waals surface area contributed by atoms with Crippen molar-refractivity contribution in [3.05, 3.63) is 29.1 Å². The first-order chi connectivity index (χ1) is 7.95. The first kappa shape index (κ1) is 13.0. The van der Waals surface area contributed by atoms with E-state index < -0.39 is 11.7 Å². The van der Waals surface area contributed by atoms with Gasteiger partial charge in [-0.05, 0) is 31.5 Å². The normalized spacial score (nSPS) is 11.6. The van der Waals surface area contributed by atoms with Gasteiger partial charge in [-0.2, -0.15) is 0 Å². The molecular formula is C13H15FN2O. The van der Waals surface area contributed by atoms with E-state index in [4.69, 9.17) is 12.2 Å². The quantitative estimate of drug-likeness (QED) is 0.619. The number of amides is 1. The van der Waals surface area contributed by atoms with Crippen LogP contribution in [0.3, 0.4) is 0 Å². The summed E-state index contributed by atoms with van der Waals surface area (Å²) in [5.74, 6) is 1.38. The smallest absolute Gasteiger partial charge is 0.254 e. The largest absolute Gasteiger partial charge is 0.399 e. The predicted molar refractivity (Wildman–Crippen MR) is 65.9 cm³/mol. The average molecular weight is 234 g/mol. The van der Waals surface area contributed by atoms with Gasteiger partial charge in [-0.1, -0.05) is 0 Å². The Morgan fingerprint density at radius 2 is 2.29 bits per heavy atom. The monoisotopic (exact) mass is 234 g/mol. The molecule has 0 fully saturated rings. The summed E-state index contributed by atoms with van der Waals surface area (Å²) in [6.07, 6.45) is 5.52. The fourth-order valence-electron chi connectivity index (χ4n) is 1.49. The molecular weight excluding hydrogens is 219 g/mol. The van der Waals surface area contributed by atoms with Crippen molar-refractivity contribution in [3.63, 3.8) is 0 Å². The number of benzene rings is 1. The van der Waals surface area contributed by atoms with Crippen LogP contribution in [0.5, 0.6) is 0 Å². The minimum atomic E-state index is -0.551. The van der Waals surface area contributed by atoms with Crippen molar-refractivity contribution in [3.8, 4) is 12.3 Å². The van der Waals surface area contributed by atoms with Gasteiger partial charge in [0.2, 0.25) is 0 Å². The minimum absolute atomic E-state index is 0.0497. The molecule has 1 aromatic rings. The standard InChI is InChI=1S/C13H15FN2O/c1-4-5-9(3)16-13(17)11-7-10(15)6-8(2)12(11)14/h1,6-7,9H,5,15H2,2-3H3,(H,16,17). The van der Waals surface area contributed by atoms with Crippen LogP contribution in [0.25, 0.3) is 0 Å². The van der Waals surface area contributed by atoms with E-state index >= 15 is 0 Å². The van der Waals surface area contributed by atoms with Crippen LogP contribution in [0.2, 0.25) is 0 Å². The number of nitrogens with one attached hydrogen (secondary N) is 1. The summed E-state index contributed by atoms with van der Waals surface area (Å²) in [5, 5.41) is 2.62. The highest BCUT2D eigenvalue weighted by molar-refractivity contribution is 5.95. The molecule has 0 aromatic heterocycles. The lowest BCUT2D eigenvalue weighted by Crippen LogP contribution is -2.33. The maximum absolute atomic E-state index is 13.7. The van der Waals surface area contributed by atoms with Crippen molar-refractivity contribution in [1.82, 2.24) is 5.32 Å². The number of aryl methyl sites for hydroxylation is 1. The number of rotatable bonds is 3. The second-order valence-corrected chi connectivity index (χ2v) is 3.98. The lowest BCUT2D eigenvalue weighted by atomic mass is 10.1. The van der Waals surface area contributed by atoms with E-state index in [0.717, 1.165) is 0 Å². The molecule has 0 saturated carbocycles. The van der Waals surface area contributed by atoms with Crippen molar-refractivity contribution >= 4 is 11.6 Å². The summed E-state index contributed by atoms with van der Waals surface area (Å²) >= 11 is 0. The summed E-state index contributed by atoms with van der Waals surface area (Å²) in [6, 6.07) is 2.60. The molecule has 0 aliphatic rings. The van der Waals surface area contributed by atoms with Gasteiger partial charge in [0, 0.05) is 18.2 Å². The van der Waals surface area contributed by atoms with Gasteiger partial charge in [-0.25, -0.2) is 4.39 Å². The van der Waals surface area contributed by atoms with Gasteiger partial charge < -0.3 is 11.1 Å². The second-order valence-electron chi connectivity index (χ2n) is 3.98. The summed E-state index contributed by atoms with van der Waals surface area (Å²) < 4.78 is 13.7. The number of hydrogen-bond acceptors (Lipinski definition) is 2. The molecule has 0 heterocycles. The van der Waals surface area contributed by atoms with Crippen LogP contribution in [-0.2, 0) is 0 Å². The summed E-state index contributed by atoms with van der Waals surface area (Å²) in [5.41, 5.74) is 6.23. The molecule has 4 heteroatoms. The van der Waals surface area contributed by atoms with Crippen molar-refractivity contribution in [2.24, 2.45) is 0 Å². The number of nitrogens with two attached hydrogens (primary N) is 1. The van der Waals surface area contributed by atoms with Gasteiger partial charge in [0.15, 0.2) is 0 Å². The molecule has 0 aliphatic carbocycles. The number of carbonyl (C=O) groups is 1. The highest BCUT2D eigenvalue weighted by atomic mass is 19.1. The van der Waals surface area contributed by atoms with Crippen LogP contribution in [0.15, 0.2) is 12.1 Å². The van der Waals surface area contributed by atoms with E-state index in [1.54, 1.807) is 13.8 Å². The fraction of sp³-hybridized carbons (Fsp3) is 0.308. The molecule has 0 spiro atoms. The van der Waals surface area contributed by atoms with E-state index in [9.17, 15) is 9.18 Å². The zero-order chi connectivity index (χ0) is 13.0. The number of hydrogen-bond donors (Lipinski definition) is 2. The average Bonchev–Trinajstić information content (AvgIpc) is 2.23. The SMILES string of the molecule is C#CCC(C)NC(=O)c1cc(N)cc(C)c1F. The molecule has 90 valence electrons. The van der Waals surface area contributed by atoms with Crippen molar-refractivity contribution in [1.29, 1.82) is 0 Å². The molecule has 17 heavy (non-hydrogen) atoms.